The molecule has 0 saturated heterocycles. The number of alkyl halides is 1. The summed E-state index contributed by atoms with van der Waals surface area (Å²) in [4.78, 5) is 4.53. The van der Waals surface area contributed by atoms with E-state index in [2.05, 4.69) is 10.1 Å². The van der Waals surface area contributed by atoms with Gasteiger partial charge in [-0.3, -0.25) is 4.68 Å². The topological polar surface area (TPSA) is 35.6 Å². The number of aromatic nitrogens is 4. The molecule has 3 aromatic rings. The van der Waals surface area contributed by atoms with Gasteiger partial charge >= 0.3 is 0 Å². The normalized spacial score (nSPS) is 11.3. The second-order valence-electron chi connectivity index (χ2n) is 4.71. The van der Waals surface area contributed by atoms with E-state index in [1.54, 1.807) is 16.9 Å². The summed E-state index contributed by atoms with van der Waals surface area (Å²) in [5.74, 6) is 1.09. The molecule has 1 aromatic carbocycles. The van der Waals surface area contributed by atoms with E-state index in [0.29, 0.717) is 18.8 Å². The minimum absolute atomic E-state index is 0.262. The van der Waals surface area contributed by atoms with Crippen LogP contribution in [-0.2, 0) is 20.0 Å². The van der Waals surface area contributed by atoms with E-state index < -0.39 is 0 Å². The highest BCUT2D eigenvalue weighted by atomic mass is 35.5. The molecule has 0 amide bonds. The van der Waals surface area contributed by atoms with Gasteiger partial charge in [0.1, 0.15) is 11.6 Å². The third-order valence-corrected chi connectivity index (χ3v) is 3.40. The van der Waals surface area contributed by atoms with Gasteiger partial charge in [-0.25, -0.2) is 9.37 Å². The molecule has 2 aromatic heterocycles. The lowest BCUT2D eigenvalue weighted by Crippen LogP contribution is -2.05. The summed E-state index contributed by atoms with van der Waals surface area (Å²) in [6.07, 6.45) is 4.39. The average molecular weight is 293 g/mol. The van der Waals surface area contributed by atoms with Gasteiger partial charge in [0, 0.05) is 31.1 Å². The third-order valence-electron chi connectivity index (χ3n) is 3.21. The zero-order chi connectivity index (χ0) is 14.1. The number of imidazole rings is 1. The molecule has 0 aliphatic rings. The molecule has 20 heavy (non-hydrogen) atoms. The van der Waals surface area contributed by atoms with E-state index in [9.17, 15) is 4.39 Å². The Balaban J connectivity index is 2.09. The zero-order valence-electron chi connectivity index (χ0n) is 11.1. The molecule has 0 aliphatic heterocycles. The maximum Gasteiger partial charge on any atom is 0.125 e. The molecule has 4 nitrogen and oxygen atoms in total. The van der Waals surface area contributed by atoms with E-state index in [-0.39, 0.29) is 5.82 Å². The van der Waals surface area contributed by atoms with Crippen LogP contribution in [-0.4, -0.2) is 25.2 Å². The number of hydrogen-bond acceptors (Lipinski definition) is 2. The van der Waals surface area contributed by atoms with E-state index >= 15 is 0 Å². The summed E-state index contributed by atoms with van der Waals surface area (Å²) in [7, 11) is 1.87. The molecule has 0 atom stereocenters. The first-order valence-corrected chi connectivity index (χ1v) is 6.89. The number of fused-ring (bicyclic) bond motifs is 1. The fourth-order valence-electron chi connectivity index (χ4n) is 2.33. The van der Waals surface area contributed by atoms with Crippen molar-refractivity contribution < 1.29 is 4.39 Å². The van der Waals surface area contributed by atoms with Crippen molar-refractivity contribution in [1.82, 2.24) is 19.3 Å². The van der Waals surface area contributed by atoms with Crippen molar-refractivity contribution in [1.29, 1.82) is 0 Å². The zero-order valence-corrected chi connectivity index (χ0v) is 11.8. The Bertz CT molecular complexity index is 747. The lowest BCUT2D eigenvalue weighted by molar-refractivity contribution is 0.628. The molecule has 3 rings (SSSR count). The maximum atomic E-state index is 13.5. The summed E-state index contributed by atoms with van der Waals surface area (Å²) in [6.45, 7) is 0.611. The van der Waals surface area contributed by atoms with Gasteiger partial charge in [0.25, 0.3) is 0 Å². The SMILES string of the molecule is Cn1cc(Cn2c(CCCl)nc3ccc(F)cc32)cn1. The standard InChI is InChI=1S/C14H14ClFN4/c1-19-8-10(7-17-19)9-20-13-6-11(16)2-3-12(13)18-14(20)4-5-15/h2-3,6-8H,4-5,9H2,1H3. The minimum Gasteiger partial charge on any atom is -0.323 e. The van der Waals surface area contributed by atoms with Gasteiger partial charge in [0.15, 0.2) is 0 Å². The van der Waals surface area contributed by atoms with Gasteiger partial charge < -0.3 is 4.57 Å². The van der Waals surface area contributed by atoms with Crippen molar-refractivity contribution in [3.8, 4) is 0 Å². The van der Waals surface area contributed by atoms with Crippen LogP contribution in [0.15, 0.2) is 30.6 Å². The minimum atomic E-state index is -0.262. The Labute approximate surface area is 120 Å². The van der Waals surface area contributed by atoms with Crippen LogP contribution in [0.25, 0.3) is 11.0 Å². The van der Waals surface area contributed by atoms with Crippen LogP contribution in [0.2, 0.25) is 0 Å². The van der Waals surface area contributed by atoms with E-state index in [1.807, 2.05) is 17.8 Å². The first-order chi connectivity index (χ1) is 9.67. The fraction of sp³-hybridized carbons (Fsp3) is 0.286. The van der Waals surface area contributed by atoms with Gasteiger partial charge in [-0.2, -0.15) is 5.10 Å². The van der Waals surface area contributed by atoms with Gasteiger partial charge in [-0.05, 0) is 18.2 Å². The Hall–Kier alpha value is -1.88. The summed E-state index contributed by atoms with van der Waals surface area (Å²) in [5.41, 5.74) is 2.62. The molecule has 2 heterocycles. The molecule has 0 radical (unpaired) electrons. The Morgan fingerprint density at radius 2 is 2.20 bits per heavy atom. The van der Waals surface area contributed by atoms with Crippen LogP contribution >= 0.6 is 11.6 Å². The molecule has 0 aliphatic carbocycles. The van der Waals surface area contributed by atoms with Crippen LogP contribution in [0.4, 0.5) is 4.39 Å². The number of nitrogens with zero attached hydrogens (tertiary/aromatic N) is 4. The third kappa shape index (κ3) is 2.41. The summed E-state index contributed by atoms with van der Waals surface area (Å²) in [5, 5.41) is 4.15. The Morgan fingerprint density at radius 1 is 1.35 bits per heavy atom. The summed E-state index contributed by atoms with van der Waals surface area (Å²) >= 11 is 5.83. The molecule has 0 spiro atoms. The first-order valence-electron chi connectivity index (χ1n) is 6.35. The summed E-state index contributed by atoms with van der Waals surface area (Å²) in [6, 6.07) is 4.63. The molecule has 104 valence electrons. The lowest BCUT2D eigenvalue weighted by atomic mass is 10.3. The van der Waals surface area contributed by atoms with Crippen LogP contribution in [0.5, 0.6) is 0 Å². The van der Waals surface area contributed by atoms with Crippen molar-refractivity contribution >= 4 is 22.6 Å². The number of hydrogen-bond donors (Lipinski definition) is 0. The van der Waals surface area contributed by atoms with Crippen molar-refractivity contribution in [3.05, 3.63) is 47.8 Å². The Morgan fingerprint density at radius 3 is 2.90 bits per heavy atom. The Kier molecular flexibility index (Phi) is 3.44. The molecular formula is C14H14ClFN4. The molecule has 0 unspecified atom stereocenters. The van der Waals surface area contributed by atoms with Crippen molar-refractivity contribution in [2.24, 2.45) is 7.05 Å². The number of halogens is 2. The van der Waals surface area contributed by atoms with Crippen molar-refractivity contribution in [2.75, 3.05) is 5.88 Å². The van der Waals surface area contributed by atoms with E-state index in [4.69, 9.17) is 11.6 Å². The number of aryl methyl sites for hydroxylation is 2. The second-order valence-corrected chi connectivity index (χ2v) is 5.09. The van der Waals surface area contributed by atoms with Crippen LogP contribution in [0.1, 0.15) is 11.4 Å². The van der Waals surface area contributed by atoms with Gasteiger partial charge in [-0.1, -0.05) is 0 Å². The highest BCUT2D eigenvalue weighted by Crippen LogP contribution is 2.20. The molecular weight excluding hydrogens is 279 g/mol. The molecule has 0 bridgehead atoms. The van der Waals surface area contributed by atoms with Crippen molar-refractivity contribution in [2.45, 2.75) is 13.0 Å². The predicted molar refractivity (Wildman–Crippen MR) is 76.4 cm³/mol. The first kappa shape index (κ1) is 13.1. The van der Waals surface area contributed by atoms with E-state index in [1.165, 1.54) is 12.1 Å². The van der Waals surface area contributed by atoms with Gasteiger partial charge in [-0.15, -0.1) is 11.6 Å². The predicted octanol–water partition coefficient (Wildman–Crippen LogP) is 2.74. The molecule has 0 fully saturated rings. The monoisotopic (exact) mass is 292 g/mol. The summed E-state index contributed by atoms with van der Waals surface area (Å²) < 4.78 is 17.2. The lowest BCUT2D eigenvalue weighted by Gasteiger charge is -2.06. The highest BCUT2D eigenvalue weighted by molar-refractivity contribution is 6.17. The largest absolute Gasteiger partial charge is 0.323 e. The molecule has 0 N–H and O–H groups in total. The quantitative estimate of drug-likeness (QED) is 0.693. The van der Waals surface area contributed by atoms with Gasteiger partial charge in [0.2, 0.25) is 0 Å². The molecule has 6 heteroatoms. The highest BCUT2D eigenvalue weighted by Gasteiger charge is 2.12. The van der Waals surface area contributed by atoms with Crippen LogP contribution in [0, 0.1) is 5.82 Å². The second kappa shape index (κ2) is 5.25. The fourth-order valence-corrected chi connectivity index (χ4v) is 2.50. The van der Waals surface area contributed by atoms with E-state index in [0.717, 1.165) is 22.4 Å². The number of rotatable bonds is 4. The average Bonchev–Trinajstić information content (AvgIpc) is 2.96. The van der Waals surface area contributed by atoms with Crippen LogP contribution < -0.4 is 0 Å². The number of benzene rings is 1. The maximum absolute atomic E-state index is 13.5. The van der Waals surface area contributed by atoms with Gasteiger partial charge in [0.05, 0.1) is 23.8 Å². The van der Waals surface area contributed by atoms with Crippen LogP contribution in [0.3, 0.4) is 0 Å². The van der Waals surface area contributed by atoms with Crippen molar-refractivity contribution in [3.63, 3.8) is 0 Å². The smallest absolute Gasteiger partial charge is 0.125 e. The molecule has 0 saturated carbocycles.